The van der Waals surface area contributed by atoms with E-state index < -0.39 is 5.41 Å². The van der Waals surface area contributed by atoms with Crippen molar-refractivity contribution in [1.29, 1.82) is 0 Å². The molecule has 2 rings (SSSR count). The van der Waals surface area contributed by atoms with Crippen LogP contribution in [0.2, 0.25) is 0 Å². The second-order valence-corrected chi connectivity index (χ2v) is 6.06. The fraction of sp³-hybridized carbons (Fsp3) is 0.316. The average Bonchev–Trinajstić information content (AvgIpc) is 2.53. The molecule has 0 unspecified atom stereocenters. The number of hydrogen-bond acceptors (Lipinski definition) is 3. The van der Waals surface area contributed by atoms with Gasteiger partial charge in [0.15, 0.2) is 0 Å². The normalized spacial score (nSPS) is 11.1. The summed E-state index contributed by atoms with van der Waals surface area (Å²) in [5, 5.41) is 0. The lowest BCUT2D eigenvalue weighted by atomic mass is 9.95. The monoisotopic (exact) mass is 298 g/mol. The van der Waals surface area contributed by atoms with Crippen molar-refractivity contribution in [1.82, 2.24) is 0 Å². The number of methoxy groups -OCH3 is 1. The number of hydrogen-bond donors (Lipinski definition) is 0. The van der Waals surface area contributed by atoms with Gasteiger partial charge in [-0.15, -0.1) is 0 Å². The Bertz CT molecular complexity index is 642. The minimum absolute atomic E-state index is 0.275. The quantitative estimate of drug-likeness (QED) is 0.774. The smallest absolute Gasteiger partial charge is 0.314 e. The third kappa shape index (κ3) is 3.88. The highest BCUT2D eigenvalue weighted by Gasteiger charge is 2.29. The summed E-state index contributed by atoms with van der Waals surface area (Å²) in [4.78, 5) is 11.7. The molecule has 0 fully saturated rings. The molecule has 116 valence electrons. The predicted molar refractivity (Wildman–Crippen MR) is 87.9 cm³/mol. The van der Waals surface area contributed by atoms with Gasteiger partial charge in [-0.1, -0.05) is 42.0 Å². The van der Waals surface area contributed by atoms with Crippen LogP contribution in [0.5, 0.6) is 5.75 Å². The topological polar surface area (TPSA) is 35.5 Å². The average molecular weight is 298 g/mol. The molecular formula is C19H22O3. The van der Waals surface area contributed by atoms with Crippen LogP contribution in [0.3, 0.4) is 0 Å². The molecule has 3 nitrogen and oxygen atoms in total. The first-order valence-electron chi connectivity index (χ1n) is 7.31. The zero-order valence-corrected chi connectivity index (χ0v) is 13.6. The molecule has 3 heteroatoms. The number of aryl methyl sites for hydroxylation is 1. The number of carbonyl (C=O) groups is 1. The van der Waals surface area contributed by atoms with Crippen LogP contribution < -0.4 is 4.74 Å². The van der Waals surface area contributed by atoms with Crippen molar-refractivity contribution in [2.45, 2.75) is 20.8 Å². The zero-order chi connectivity index (χ0) is 16.2. The lowest BCUT2D eigenvalue weighted by Gasteiger charge is -2.21. The first-order chi connectivity index (χ1) is 10.4. The largest absolute Gasteiger partial charge is 0.492 e. The summed E-state index contributed by atoms with van der Waals surface area (Å²) in [6.45, 7) is 5.96. The Morgan fingerprint density at radius 1 is 1.05 bits per heavy atom. The van der Waals surface area contributed by atoms with Crippen LogP contribution in [0, 0.1) is 12.3 Å². The molecule has 0 heterocycles. The van der Waals surface area contributed by atoms with Gasteiger partial charge >= 0.3 is 5.97 Å². The lowest BCUT2D eigenvalue weighted by Crippen LogP contribution is -2.32. The predicted octanol–water partition coefficient (Wildman–Crippen LogP) is 4.24. The molecule has 0 saturated heterocycles. The van der Waals surface area contributed by atoms with Crippen LogP contribution in [-0.2, 0) is 9.53 Å². The van der Waals surface area contributed by atoms with E-state index in [4.69, 9.17) is 9.47 Å². The van der Waals surface area contributed by atoms with E-state index in [1.807, 2.05) is 38.1 Å². The molecule has 0 aliphatic carbocycles. The van der Waals surface area contributed by atoms with Gasteiger partial charge in [-0.05, 0) is 44.0 Å². The molecule has 22 heavy (non-hydrogen) atoms. The third-order valence-electron chi connectivity index (χ3n) is 3.56. The Kier molecular flexibility index (Phi) is 4.86. The van der Waals surface area contributed by atoms with Gasteiger partial charge in [0.25, 0.3) is 0 Å². The number of benzene rings is 2. The summed E-state index contributed by atoms with van der Waals surface area (Å²) >= 11 is 0. The Morgan fingerprint density at radius 2 is 1.73 bits per heavy atom. The molecule has 0 amide bonds. The molecule has 0 saturated carbocycles. The highest BCUT2D eigenvalue weighted by Crippen LogP contribution is 2.26. The molecule has 0 atom stereocenters. The maximum Gasteiger partial charge on any atom is 0.314 e. The zero-order valence-electron chi connectivity index (χ0n) is 13.6. The Hall–Kier alpha value is -2.29. The van der Waals surface area contributed by atoms with Crippen molar-refractivity contribution < 1.29 is 14.3 Å². The van der Waals surface area contributed by atoms with Crippen LogP contribution in [-0.4, -0.2) is 19.7 Å². The fourth-order valence-corrected chi connectivity index (χ4v) is 2.11. The van der Waals surface area contributed by atoms with Crippen LogP contribution in [0.4, 0.5) is 0 Å². The van der Waals surface area contributed by atoms with E-state index in [9.17, 15) is 4.79 Å². The van der Waals surface area contributed by atoms with Gasteiger partial charge < -0.3 is 9.47 Å². The molecule has 0 bridgehead atoms. The van der Waals surface area contributed by atoms with Crippen molar-refractivity contribution >= 4 is 5.97 Å². The van der Waals surface area contributed by atoms with Gasteiger partial charge in [0.2, 0.25) is 0 Å². The molecule has 0 aliphatic rings. The van der Waals surface area contributed by atoms with E-state index in [1.165, 1.54) is 12.7 Å². The van der Waals surface area contributed by atoms with Gasteiger partial charge in [-0.2, -0.15) is 0 Å². The SMILES string of the molecule is COC(=O)C(C)(C)COc1cccc(-c2ccc(C)cc2)c1. The maximum absolute atomic E-state index is 11.7. The van der Waals surface area contributed by atoms with E-state index in [0.717, 1.165) is 16.9 Å². The van der Waals surface area contributed by atoms with Gasteiger partial charge in [0.05, 0.1) is 12.5 Å². The van der Waals surface area contributed by atoms with Crippen LogP contribution >= 0.6 is 0 Å². The molecule has 0 N–H and O–H groups in total. The second-order valence-electron chi connectivity index (χ2n) is 6.06. The van der Waals surface area contributed by atoms with Gasteiger partial charge in [0, 0.05) is 0 Å². The fourth-order valence-electron chi connectivity index (χ4n) is 2.11. The van der Waals surface area contributed by atoms with Crippen LogP contribution in [0.1, 0.15) is 19.4 Å². The first-order valence-corrected chi connectivity index (χ1v) is 7.31. The number of esters is 1. The lowest BCUT2D eigenvalue weighted by molar-refractivity contribution is -0.152. The van der Waals surface area contributed by atoms with Crippen molar-refractivity contribution in [3.63, 3.8) is 0 Å². The standard InChI is InChI=1S/C19H22O3/c1-14-8-10-15(11-9-14)16-6-5-7-17(12-16)22-13-19(2,3)18(20)21-4/h5-12H,13H2,1-4H3. The summed E-state index contributed by atoms with van der Waals surface area (Å²) in [6, 6.07) is 16.2. The minimum atomic E-state index is -0.672. The van der Waals surface area contributed by atoms with Crippen molar-refractivity contribution in [3.05, 3.63) is 54.1 Å². The highest BCUT2D eigenvalue weighted by atomic mass is 16.5. The van der Waals surface area contributed by atoms with Crippen LogP contribution in [0.15, 0.2) is 48.5 Å². The Labute approximate surface area is 131 Å². The van der Waals surface area contributed by atoms with Gasteiger partial charge in [-0.3, -0.25) is 4.79 Å². The Balaban J connectivity index is 2.12. The van der Waals surface area contributed by atoms with Crippen LogP contribution in [0.25, 0.3) is 11.1 Å². The van der Waals surface area contributed by atoms with Gasteiger partial charge in [-0.25, -0.2) is 0 Å². The molecule has 0 spiro atoms. The number of rotatable bonds is 5. The molecule has 2 aromatic carbocycles. The first kappa shape index (κ1) is 16.1. The van der Waals surface area contributed by atoms with E-state index in [0.29, 0.717) is 0 Å². The maximum atomic E-state index is 11.7. The number of ether oxygens (including phenoxy) is 2. The highest BCUT2D eigenvalue weighted by molar-refractivity contribution is 5.76. The Morgan fingerprint density at radius 3 is 2.36 bits per heavy atom. The summed E-state index contributed by atoms with van der Waals surface area (Å²) in [6.07, 6.45) is 0. The van der Waals surface area contributed by atoms with E-state index in [1.54, 1.807) is 0 Å². The molecule has 0 aliphatic heterocycles. The van der Waals surface area contributed by atoms with E-state index in [-0.39, 0.29) is 12.6 Å². The summed E-state index contributed by atoms with van der Waals surface area (Å²) in [5.74, 6) is 0.470. The van der Waals surface area contributed by atoms with Gasteiger partial charge in [0.1, 0.15) is 12.4 Å². The minimum Gasteiger partial charge on any atom is -0.492 e. The summed E-state index contributed by atoms with van der Waals surface area (Å²) < 4.78 is 10.6. The summed E-state index contributed by atoms with van der Waals surface area (Å²) in [7, 11) is 1.39. The third-order valence-corrected chi connectivity index (χ3v) is 3.56. The number of carbonyl (C=O) groups excluding carboxylic acids is 1. The van der Waals surface area contributed by atoms with Crippen molar-refractivity contribution in [2.24, 2.45) is 5.41 Å². The van der Waals surface area contributed by atoms with E-state index in [2.05, 4.69) is 31.2 Å². The molecule has 0 aromatic heterocycles. The summed E-state index contributed by atoms with van der Waals surface area (Å²) in [5.41, 5.74) is 2.79. The molecule has 2 aromatic rings. The van der Waals surface area contributed by atoms with Crippen molar-refractivity contribution in [2.75, 3.05) is 13.7 Å². The molecular weight excluding hydrogens is 276 g/mol. The van der Waals surface area contributed by atoms with Crippen molar-refractivity contribution in [3.8, 4) is 16.9 Å². The second kappa shape index (κ2) is 6.65. The molecule has 0 radical (unpaired) electrons. The van der Waals surface area contributed by atoms with E-state index >= 15 is 0 Å².